The molecule has 0 saturated carbocycles. The van der Waals surface area contributed by atoms with Gasteiger partial charge in [0.15, 0.2) is 0 Å². The van der Waals surface area contributed by atoms with Crippen molar-refractivity contribution in [3.8, 4) is 5.69 Å². The number of amides is 1. The number of aromatic nitrogens is 2. The first kappa shape index (κ1) is 19.1. The molecule has 0 aliphatic rings. The highest BCUT2D eigenvalue weighted by Gasteiger charge is 2.18. The minimum atomic E-state index is -0.113. The molecule has 3 rings (SSSR count). The maximum absolute atomic E-state index is 12.6. The predicted octanol–water partition coefficient (Wildman–Crippen LogP) is 3.87. The van der Waals surface area contributed by atoms with Crippen molar-refractivity contribution in [1.82, 2.24) is 20.0 Å². The Morgan fingerprint density at radius 2 is 1.85 bits per heavy atom. The molecule has 2 aromatic carbocycles. The number of nitrogens with zero attached hydrogens (tertiary/aromatic N) is 3. The molecule has 1 amide bonds. The van der Waals surface area contributed by atoms with Crippen LogP contribution in [0, 0.1) is 6.92 Å². The van der Waals surface area contributed by atoms with Crippen LogP contribution in [-0.4, -0.2) is 41.2 Å². The summed E-state index contributed by atoms with van der Waals surface area (Å²) in [5.41, 5.74) is 3.58. The fraction of sp³-hybridized carbons (Fsp3) is 0.238. The minimum absolute atomic E-state index is 0.00588. The van der Waals surface area contributed by atoms with E-state index in [0.717, 1.165) is 16.9 Å². The SMILES string of the molecule is Cc1ccnn1-c1ccc(C(=O)NCC(c2ccccc2Cl)N(C)C)cc1. The Morgan fingerprint density at radius 1 is 1.15 bits per heavy atom. The molecule has 1 unspecified atom stereocenters. The van der Waals surface area contributed by atoms with E-state index in [2.05, 4.69) is 10.4 Å². The summed E-state index contributed by atoms with van der Waals surface area (Å²) < 4.78 is 1.83. The van der Waals surface area contributed by atoms with Crippen LogP contribution in [0.3, 0.4) is 0 Å². The summed E-state index contributed by atoms with van der Waals surface area (Å²) in [6, 6.07) is 17.1. The average Bonchev–Trinajstić information content (AvgIpc) is 3.09. The Morgan fingerprint density at radius 3 is 2.44 bits per heavy atom. The number of aryl methyl sites for hydroxylation is 1. The zero-order valence-corrected chi connectivity index (χ0v) is 16.4. The molecule has 5 nitrogen and oxygen atoms in total. The molecule has 1 atom stereocenters. The second-order valence-electron chi connectivity index (χ2n) is 6.64. The van der Waals surface area contributed by atoms with Gasteiger partial charge in [0.05, 0.1) is 11.7 Å². The van der Waals surface area contributed by atoms with Crippen LogP contribution in [0.25, 0.3) is 5.69 Å². The monoisotopic (exact) mass is 382 g/mol. The molecule has 0 fully saturated rings. The molecule has 140 valence electrons. The number of carbonyl (C=O) groups is 1. The third-order valence-corrected chi connectivity index (χ3v) is 4.89. The van der Waals surface area contributed by atoms with E-state index in [4.69, 9.17) is 11.6 Å². The Kier molecular flexibility index (Phi) is 5.94. The van der Waals surface area contributed by atoms with Gasteiger partial charge in [-0.05, 0) is 63.0 Å². The van der Waals surface area contributed by atoms with Crippen molar-refractivity contribution in [2.45, 2.75) is 13.0 Å². The highest BCUT2D eigenvalue weighted by molar-refractivity contribution is 6.31. The van der Waals surface area contributed by atoms with Crippen molar-refractivity contribution < 1.29 is 4.79 Å². The number of hydrogen-bond acceptors (Lipinski definition) is 3. The van der Waals surface area contributed by atoms with Gasteiger partial charge in [0.1, 0.15) is 0 Å². The molecule has 3 aromatic rings. The molecule has 1 heterocycles. The summed E-state index contributed by atoms with van der Waals surface area (Å²) >= 11 is 6.33. The molecular weight excluding hydrogens is 360 g/mol. The molecule has 1 N–H and O–H groups in total. The predicted molar refractivity (Wildman–Crippen MR) is 109 cm³/mol. The highest BCUT2D eigenvalue weighted by Crippen LogP contribution is 2.25. The van der Waals surface area contributed by atoms with Crippen molar-refractivity contribution in [2.24, 2.45) is 0 Å². The first-order chi connectivity index (χ1) is 13.0. The van der Waals surface area contributed by atoms with Crippen LogP contribution in [0.5, 0.6) is 0 Å². The standard InChI is InChI=1S/C21H23ClN4O/c1-15-12-13-24-26(15)17-10-8-16(9-11-17)21(27)23-14-20(25(2)3)18-6-4-5-7-19(18)22/h4-13,20H,14H2,1-3H3,(H,23,27). The lowest BCUT2D eigenvalue weighted by molar-refractivity contribution is 0.0942. The molecule has 0 aliphatic heterocycles. The maximum Gasteiger partial charge on any atom is 0.251 e. The molecule has 0 bridgehead atoms. The van der Waals surface area contributed by atoms with Gasteiger partial charge in [-0.15, -0.1) is 0 Å². The summed E-state index contributed by atoms with van der Waals surface area (Å²) in [4.78, 5) is 14.6. The van der Waals surface area contributed by atoms with E-state index in [1.54, 1.807) is 6.20 Å². The third-order valence-electron chi connectivity index (χ3n) is 4.55. The molecule has 6 heteroatoms. The van der Waals surface area contributed by atoms with Crippen LogP contribution in [-0.2, 0) is 0 Å². The number of halogens is 1. The second kappa shape index (κ2) is 8.37. The van der Waals surface area contributed by atoms with Gasteiger partial charge >= 0.3 is 0 Å². The topological polar surface area (TPSA) is 50.2 Å². The fourth-order valence-electron chi connectivity index (χ4n) is 3.00. The van der Waals surface area contributed by atoms with Crippen molar-refractivity contribution in [1.29, 1.82) is 0 Å². The fourth-order valence-corrected chi connectivity index (χ4v) is 3.26. The lowest BCUT2D eigenvalue weighted by Crippen LogP contribution is -2.34. The number of hydrogen-bond donors (Lipinski definition) is 1. The molecule has 0 spiro atoms. The van der Waals surface area contributed by atoms with E-state index in [1.807, 2.05) is 85.2 Å². The van der Waals surface area contributed by atoms with Crippen LogP contribution < -0.4 is 5.32 Å². The summed E-state index contributed by atoms with van der Waals surface area (Å²) in [6.45, 7) is 2.46. The van der Waals surface area contributed by atoms with Crippen LogP contribution in [0.15, 0.2) is 60.8 Å². The van der Waals surface area contributed by atoms with Gasteiger partial charge in [-0.3, -0.25) is 4.79 Å². The molecule has 0 saturated heterocycles. The first-order valence-electron chi connectivity index (χ1n) is 8.77. The van der Waals surface area contributed by atoms with E-state index < -0.39 is 0 Å². The lowest BCUT2D eigenvalue weighted by atomic mass is 10.1. The molecule has 1 aromatic heterocycles. The van der Waals surface area contributed by atoms with E-state index in [9.17, 15) is 4.79 Å². The van der Waals surface area contributed by atoms with Gasteiger partial charge in [0.2, 0.25) is 0 Å². The van der Waals surface area contributed by atoms with Crippen molar-refractivity contribution in [3.63, 3.8) is 0 Å². The van der Waals surface area contributed by atoms with Crippen LogP contribution in [0.2, 0.25) is 5.02 Å². The van der Waals surface area contributed by atoms with E-state index >= 15 is 0 Å². The van der Waals surface area contributed by atoms with Gasteiger partial charge in [0.25, 0.3) is 5.91 Å². The smallest absolute Gasteiger partial charge is 0.251 e. The number of nitrogens with one attached hydrogen (secondary N) is 1. The molecular formula is C21H23ClN4O. The molecule has 0 radical (unpaired) electrons. The van der Waals surface area contributed by atoms with Gasteiger partial charge in [-0.2, -0.15) is 5.10 Å². The highest BCUT2D eigenvalue weighted by atomic mass is 35.5. The van der Waals surface area contributed by atoms with Gasteiger partial charge < -0.3 is 10.2 Å². The Hall–Kier alpha value is -2.63. The van der Waals surface area contributed by atoms with Crippen LogP contribution in [0.4, 0.5) is 0 Å². The lowest BCUT2D eigenvalue weighted by Gasteiger charge is -2.26. The summed E-state index contributed by atoms with van der Waals surface area (Å²) in [6.07, 6.45) is 1.76. The first-order valence-corrected chi connectivity index (χ1v) is 9.15. The summed E-state index contributed by atoms with van der Waals surface area (Å²) in [5, 5.41) is 7.99. The number of carbonyl (C=O) groups excluding carboxylic acids is 1. The zero-order valence-electron chi connectivity index (χ0n) is 15.7. The minimum Gasteiger partial charge on any atom is -0.350 e. The number of likely N-dealkylation sites (N-methyl/N-ethyl adjacent to an activating group) is 1. The van der Waals surface area contributed by atoms with Gasteiger partial charge in [-0.1, -0.05) is 29.8 Å². The maximum atomic E-state index is 12.6. The van der Waals surface area contributed by atoms with Crippen LogP contribution in [0.1, 0.15) is 27.7 Å². The number of rotatable bonds is 6. The third kappa shape index (κ3) is 4.38. The van der Waals surface area contributed by atoms with Crippen molar-refractivity contribution in [2.75, 3.05) is 20.6 Å². The number of benzene rings is 2. The summed E-state index contributed by atoms with van der Waals surface area (Å²) in [5.74, 6) is -0.113. The van der Waals surface area contributed by atoms with Gasteiger partial charge in [-0.25, -0.2) is 4.68 Å². The summed E-state index contributed by atoms with van der Waals surface area (Å²) in [7, 11) is 3.95. The van der Waals surface area contributed by atoms with Crippen molar-refractivity contribution in [3.05, 3.63) is 82.6 Å². The van der Waals surface area contributed by atoms with E-state index in [-0.39, 0.29) is 11.9 Å². The van der Waals surface area contributed by atoms with E-state index in [0.29, 0.717) is 17.1 Å². The quantitative estimate of drug-likeness (QED) is 0.704. The Labute approximate surface area is 164 Å². The Bertz CT molecular complexity index is 918. The zero-order chi connectivity index (χ0) is 19.4. The van der Waals surface area contributed by atoms with Crippen LogP contribution >= 0.6 is 11.6 Å². The molecule has 27 heavy (non-hydrogen) atoms. The van der Waals surface area contributed by atoms with E-state index in [1.165, 1.54) is 0 Å². The van der Waals surface area contributed by atoms with Crippen molar-refractivity contribution >= 4 is 17.5 Å². The molecule has 0 aliphatic carbocycles. The Balaban J connectivity index is 1.69. The normalized spacial score (nSPS) is 12.2. The van der Waals surface area contributed by atoms with Gasteiger partial charge in [0, 0.05) is 29.0 Å². The second-order valence-corrected chi connectivity index (χ2v) is 7.05. The average molecular weight is 383 g/mol. The largest absolute Gasteiger partial charge is 0.350 e.